The number of fused-ring (bicyclic) bond motifs is 1. The van der Waals surface area contributed by atoms with Crippen LogP contribution in [0.1, 0.15) is 11.1 Å². The summed E-state index contributed by atoms with van der Waals surface area (Å²) in [6.45, 7) is 4.25. The first-order valence-corrected chi connectivity index (χ1v) is 14.7. The molecule has 6 aromatic rings. The molecule has 38 heavy (non-hydrogen) atoms. The molecule has 1 heterocycles. The van der Waals surface area contributed by atoms with Crippen molar-refractivity contribution in [1.82, 2.24) is 4.57 Å². The average molecular weight is 512 g/mol. The SMILES string of the molecule is Cc1ccc(-c2c(-c3ccccc3P(=O)(c3ccccc3)c3ccccc3)n(C)c3ccc(C)cc23)cc1. The zero-order valence-corrected chi connectivity index (χ0v) is 22.8. The third kappa shape index (κ3) is 3.93. The summed E-state index contributed by atoms with van der Waals surface area (Å²) < 4.78 is 17.7. The summed E-state index contributed by atoms with van der Waals surface area (Å²) in [6.07, 6.45) is 0. The van der Waals surface area contributed by atoms with Gasteiger partial charge in [0, 0.05) is 45.0 Å². The van der Waals surface area contributed by atoms with E-state index in [0.717, 1.165) is 38.3 Å². The topological polar surface area (TPSA) is 22.0 Å². The molecule has 0 amide bonds. The van der Waals surface area contributed by atoms with Crippen LogP contribution in [0.2, 0.25) is 0 Å². The Balaban J connectivity index is 1.73. The largest absolute Gasteiger partial charge is 0.343 e. The molecule has 0 aliphatic heterocycles. The molecule has 0 unspecified atom stereocenters. The van der Waals surface area contributed by atoms with E-state index in [4.69, 9.17) is 0 Å². The van der Waals surface area contributed by atoms with Gasteiger partial charge < -0.3 is 9.13 Å². The first-order valence-electron chi connectivity index (χ1n) is 13.0. The van der Waals surface area contributed by atoms with Crippen molar-refractivity contribution in [2.24, 2.45) is 7.05 Å². The summed E-state index contributed by atoms with van der Waals surface area (Å²) in [5.74, 6) is 0. The van der Waals surface area contributed by atoms with E-state index in [1.807, 2.05) is 66.7 Å². The summed E-state index contributed by atoms with van der Waals surface area (Å²) in [6, 6.07) is 43.5. The maximum absolute atomic E-state index is 15.5. The molecule has 1 aromatic heterocycles. The van der Waals surface area contributed by atoms with Gasteiger partial charge in [-0.1, -0.05) is 126 Å². The summed E-state index contributed by atoms with van der Waals surface area (Å²) in [5, 5.41) is 3.74. The van der Waals surface area contributed by atoms with Gasteiger partial charge in [0.25, 0.3) is 0 Å². The van der Waals surface area contributed by atoms with Gasteiger partial charge >= 0.3 is 0 Å². The van der Waals surface area contributed by atoms with Crippen molar-refractivity contribution in [2.75, 3.05) is 0 Å². The van der Waals surface area contributed by atoms with E-state index in [2.05, 4.69) is 86.1 Å². The Bertz CT molecular complexity index is 1760. The highest BCUT2D eigenvalue weighted by molar-refractivity contribution is 7.85. The van der Waals surface area contributed by atoms with Crippen LogP contribution in [0, 0.1) is 13.8 Å². The summed E-state index contributed by atoms with van der Waals surface area (Å²) in [7, 11) is -1.06. The third-order valence-electron chi connectivity index (χ3n) is 7.43. The monoisotopic (exact) mass is 511 g/mol. The quantitative estimate of drug-likeness (QED) is 0.217. The molecule has 0 saturated carbocycles. The number of aryl methyl sites for hydroxylation is 3. The predicted molar refractivity (Wildman–Crippen MR) is 163 cm³/mol. The Labute approximate surface area is 224 Å². The minimum absolute atomic E-state index is 0.838. The standard InChI is InChI=1S/C35H30NOP/c1-25-18-21-27(22-19-25)34-31-24-26(2)20-23-32(31)36(3)35(34)30-16-10-11-17-33(30)38(37,28-12-6-4-7-13-28)29-14-8-5-9-15-29/h4-24H,1-3H3. The highest BCUT2D eigenvalue weighted by Crippen LogP contribution is 2.48. The number of aromatic nitrogens is 1. The first-order chi connectivity index (χ1) is 18.5. The van der Waals surface area contributed by atoms with Crippen LogP contribution in [0.15, 0.2) is 127 Å². The lowest BCUT2D eigenvalue weighted by atomic mass is 9.97. The molecular formula is C35H30NOP. The molecule has 0 spiro atoms. The Morgan fingerprint density at radius 1 is 0.605 bits per heavy atom. The van der Waals surface area contributed by atoms with Crippen molar-refractivity contribution in [2.45, 2.75) is 13.8 Å². The molecule has 0 aliphatic rings. The number of rotatable bonds is 5. The molecule has 2 nitrogen and oxygen atoms in total. The minimum Gasteiger partial charge on any atom is -0.343 e. The number of hydrogen-bond donors (Lipinski definition) is 0. The minimum atomic E-state index is -3.18. The highest BCUT2D eigenvalue weighted by atomic mass is 31.2. The Hall–Kier alpha value is -4.13. The molecule has 6 rings (SSSR count). The van der Waals surface area contributed by atoms with Gasteiger partial charge in [-0.3, -0.25) is 0 Å². The predicted octanol–water partition coefficient (Wildman–Crippen LogP) is 7.77. The number of benzene rings is 5. The van der Waals surface area contributed by atoms with Crippen molar-refractivity contribution >= 4 is 34.0 Å². The normalized spacial score (nSPS) is 11.7. The maximum Gasteiger partial charge on any atom is 0.171 e. The van der Waals surface area contributed by atoms with Crippen LogP contribution in [0.5, 0.6) is 0 Å². The highest BCUT2D eigenvalue weighted by Gasteiger charge is 2.33. The van der Waals surface area contributed by atoms with Gasteiger partial charge in [0.05, 0.1) is 5.69 Å². The fourth-order valence-electron chi connectivity index (χ4n) is 5.54. The molecule has 0 fully saturated rings. The molecule has 0 radical (unpaired) electrons. The van der Waals surface area contributed by atoms with Gasteiger partial charge in [0.15, 0.2) is 7.14 Å². The fourth-order valence-corrected chi connectivity index (χ4v) is 8.39. The van der Waals surface area contributed by atoms with Crippen molar-refractivity contribution < 1.29 is 4.57 Å². The van der Waals surface area contributed by atoms with E-state index in [0.29, 0.717) is 0 Å². The van der Waals surface area contributed by atoms with E-state index in [1.54, 1.807) is 0 Å². The van der Waals surface area contributed by atoms with Crippen LogP contribution >= 0.6 is 7.14 Å². The van der Waals surface area contributed by atoms with Crippen molar-refractivity contribution in [3.8, 4) is 22.4 Å². The smallest absolute Gasteiger partial charge is 0.171 e. The summed E-state index contributed by atoms with van der Waals surface area (Å²) >= 11 is 0. The zero-order valence-electron chi connectivity index (χ0n) is 21.9. The Morgan fingerprint density at radius 2 is 1.16 bits per heavy atom. The van der Waals surface area contributed by atoms with Crippen molar-refractivity contribution in [1.29, 1.82) is 0 Å². The molecule has 0 atom stereocenters. The molecule has 186 valence electrons. The average Bonchev–Trinajstić information content (AvgIpc) is 3.25. The van der Waals surface area contributed by atoms with Gasteiger partial charge in [0.2, 0.25) is 0 Å². The van der Waals surface area contributed by atoms with Crippen molar-refractivity contribution in [3.63, 3.8) is 0 Å². The van der Waals surface area contributed by atoms with Gasteiger partial charge in [-0.15, -0.1) is 0 Å². The summed E-state index contributed by atoms with van der Waals surface area (Å²) in [5.41, 5.74) is 8.01. The lowest BCUT2D eigenvalue weighted by molar-refractivity contribution is 0.592. The van der Waals surface area contributed by atoms with E-state index in [-0.39, 0.29) is 0 Å². The fraction of sp³-hybridized carbons (Fsp3) is 0.0857. The van der Waals surface area contributed by atoms with Crippen LogP contribution in [0.25, 0.3) is 33.3 Å². The van der Waals surface area contributed by atoms with Crippen LogP contribution < -0.4 is 15.9 Å². The van der Waals surface area contributed by atoms with E-state index >= 15 is 4.57 Å². The van der Waals surface area contributed by atoms with Crippen LogP contribution in [0.4, 0.5) is 0 Å². The number of hydrogen-bond acceptors (Lipinski definition) is 1. The van der Waals surface area contributed by atoms with Crippen LogP contribution in [-0.4, -0.2) is 4.57 Å². The number of nitrogens with zero attached hydrogens (tertiary/aromatic N) is 1. The molecule has 5 aromatic carbocycles. The lowest BCUT2D eigenvalue weighted by Crippen LogP contribution is -2.26. The van der Waals surface area contributed by atoms with Crippen LogP contribution in [0.3, 0.4) is 0 Å². The van der Waals surface area contributed by atoms with Gasteiger partial charge in [0.1, 0.15) is 0 Å². The van der Waals surface area contributed by atoms with Crippen LogP contribution in [-0.2, 0) is 11.6 Å². The zero-order chi connectivity index (χ0) is 26.3. The second-order valence-corrected chi connectivity index (χ2v) is 12.7. The Kier molecular flexibility index (Phi) is 6.14. The second-order valence-electron chi connectivity index (χ2n) is 9.97. The van der Waals surface area contributed by atoms with Gasteiger partial charge in [-0.05, 0) is 31.5 Å². The van der Waals surface area contributed by atoms with E-state index < -0.39 is 7.14 Å². The molecule has 3 heteroatoms. The first kappa shape index (κ1) is 24.2. The lowest BCUT2D eigenvalue weighted by Gasteiger charge is -2.23. The maximum atomic E-state index is 15.5. The van der Waals surface area contributed by atoms with Gasteiger partial charge in [-0.25, -0.2) is 0 Å². The Morgan fingerprint density at radius 3 is 1.79 bits per heavy atom. The second kappa shape index (κ2) is 9.63. The third-order valence-corrected chi connectivity index (χ3v) is 10.6. The molecule has 0 N–H and O–H groups in total. The summed E-state index contributed by atoms with van der Waals surface area (Å²) in [4.78, 5) is 0. The van der Waals surface area contributed by atoms with Crippen molar-refractivity contribution in [3.05, 3.63) is 139 Å². The molecule has 0 saturated heterocycles. The van der Waals surface area contributed by atoms with Gasteiger partial charge in [-0.2, -0.15) is 0 Å². The molecular weight excluding hydrogens is 481 g/mol. The molecule has 0 aliphatic carbocycles. The molecule has 0 bridgehead atoms. The van der Waals surface area contributed by atoms with E-state index in [1.165, 1.54) is 22.1 Å². The van der Waals surface area contributed by atoms with E-state index in [9.17, 15) is 0 Å².